The lowest BCUT2D eigenvalue weighted by Gasteiger charge is -1.95. The first-order valence-electron chi connectivity index (χ1n) is 2.47. The first kappa shape index (κ1) is 8.55. The Hall–Kier alpha value is -1.45. The fraction of sp³-hybridized carbons (Fsp3) is 0.167. The molecule has 0 bridgehead atoms. The highest BCUT2D eigenvalue weighted by molar-refractivity contribution is 6.36. The van der Waals surface area contributed by atoms with E-state index in [-0.39, 0.29) is 0 Å². The van der Waals surface area contributed by atoms with Crippen molar-refractivity contribution >= 4 is 17.5 Å². The van der Waals surface area contributed by atoms with E-state index in [0.29, 0.717) is 0 Å². The monoisotopic (exact) mass is 141 g/mol. The highest BCUT2D eigenvalue weighted by atomic mass is 16.4. The van der Waals surface area contributed by atoms with E-state index in [2.05, 4.69) is 6.58 Å². The maximum atomic E-state index is 10.3. The Morgan fingerprint density at radius 3 is 2.20 bits per heavy atom. The first-order valence-corrected chi connectivity index (χ1v) is 2.47. The van der Waals surface area contributed by atoms with Gasteiger partial charge in [-0.3, -0.25) is 9.59 Å². The average Bonchev–Trinajstić information content (AvgIpc) is 1.87. The van der Waals surface area contributed by atoms with Gasteiger partial charge in [-0.1, -0.05) is 6.58 Å². The Bertz CT molecular complexity index is 192. The van der Waals surface area contributed by atoms with E-state index in [1.165, 1.54) is 0 Å². The minimum atomic E-state index is -1.84. The summed E-state index contributed by atoms with van der Waals surface area (Å²) in [6.07, 6.45) is 0.229. The molecule has 0 rings (SSSR count). The number of hydrogen-bond acceptors (Lipinski definition) is 4. The zero-order valence-electron chi connectivity index (χ0n) is 5.12. The van der Waals surface area contributed by atoms with Crippen molar-refractivity contribution in [2.75, 3.05) is 0 Å². The number of carboxylic acid groups (broad SMARTS) is 1. The van der Waals surface area contributed by atoms with Gasteiger partial charge in [-0.05, 0) is 6.08 Å². The van der Waals surface area contributed by atoms with Crippen LogP contribution in [0.5, 0.6) is 0 Å². The summed E-state index contributed by atoms with van der Waals surface area (Å²) in [5, 5.41) is 9.70. The van der Waals surface area contributed by atoms with Gasteiger partial charge in [0.05, 0.1) is 6.42 Å². The molecule has 4 heteroatoms. The van der Waals surface area contributed by atoms with Crippen molar-refractivity contribution < 1.29 is 19.5 Å². The van der Waals surface area contributed by atoms with E-state index >= 15 is 0 Å². The van der Waals surface area contributed by atoms with E-state index in [4.69, 9.17) is 0 Å². The number of rotatable bonds is 4. The maximum absolute atomic E-state index is 10.3. The summed E-state index contributed by atoms with van der Waals surface area (Å²) in [5.41, 5.74) is 0. The molecule has 0 aromatic rings. The minimum Gasteiger partial charge on any atom is -0.542 e. The van der Waals surface area contributed by atoms with Gasteiger partial charge >= 0.3 is 0 Å². The van der Waals surface area contributed by atoms with Crippen molar-refractivity contribution in [3.05, 3.63) is 12.7 Å². The highest BCUT2D eigenvalue weighted by Crippen LogP contribution is 1.84. The van der Waals surface area contributed by atoms with Crippen LogP contribution in [-0.4, -0.2) is 17.5 Å². The first-order chi connectivity index (χ1) is 4.57. The Morgan fingerprint density at radius 1 is 1.40 bits per heavy atom. The SMILES string of the molecule is C=CC(=O)CC(=O)C(=O)[O-]. The molecule has 0 amide bonds. The average molecular weight is 141 g/mol. The molecule has 0 aliphatic heterocycles. The van der Waals surface area contributed by atoms with E-state index in [1.807, 2.05) is 0 Å². The third-order valence-corrected chi connectivity index (χ3v) is 0.790. The molecular weight excluding hydrogens is 136 g/mol. The van der Waals surface area contributed by atoms with Crippen LogP contribution in [0.4, 0.5) is 0 Å². The van der Waals surface area contributed by atoms with Crippen LogP contribution in [0.15, 0.2) is 12.7 Å². The molecule has 0 aromatic heterocycles. The van der Waals surface area contributed by atoms with Crippen molar-refractivity contribution in [3.8, 4) is 0 Å². The fourth-order valence-electron chi connectivity index (χ4n) is 0.303. The molecule has 0 aliphatic carbocycles. The van der Waals surface area contributed by atoms with Crippen LogP contribution in [0.3, 0.4) is 0 Å². The van der Waals surface area contributed by atoms with Gasteiger partial charge in [0.25, 0.3) is 0 Å². The summed E-state index contributed by atoms with van der Waals surface area (Å²) in [6.45, 7) is 3.06. The van der Waals surface area contributed by atoms with Crippen LogP contribution in [0.1, 0.15) is 6.42 Å². The van der Waals surface area contributed by atoms with Gasteiger partial charge in [0.2, 0.25) is 0 Å². The van der Waals surface area contributed by atoms with Crippen LogP contribution in [-0.2, 0) is 14.4 Å². The normalized spacial score (nSPS) is 8.40. The summed E-state index contributed by atoms with van der Waals surface area (Å²) < 4.78 is 0. The van der Waals surface area contributed by atoms with Gasteiger partial charge in [0, 0.05) is 0 Å². The second-order valence-corrected chi connectivity index (χ2v) is 1.56. The number of carbonyl (C=O) groups is 3. The second kappa shape index (κ2) is 3.55. The standard InChI is InChI=1S/C6H6O4/c1-2-4(7)3-5(8)6(9)10/h2H,1,3H2,(H,9,10)/p-1. The van der Waals surface area contributed by atoms with Crippen LogP contribution >= 0.6 is 0 Å². The van der Waals surface area contributed by atoms with Gasteiger partial charge in [0.15, 0.2) is 11.6 Å². The fourth-order valence-corrected chi connectivity index (χ4v) is 0.303. The van der Waals surface area contributed by atoms with Gasteiger partial charge in [-0.15, -0.1) is 0 Å². The lowest BCUT2D eigenvalue weighted by atomic mass is 10.2. The quantitative estimate of drug-likeness (QED) is 0.270. The molecule has 0 N–H and O–H groups in total. The lowest BCUT2D eigenvalue weighted by Crippen LogP contribution is -2.32. The summed E-state index contributed by atoms with van der Waals surface area (Å²) in [6, 6.07) is 0. The third-order valence-electron chi connectivity index (χ3n) is 0.790. The molecule has 54 valence electrons. The van der Waals surface area contributed by atoms with Gasteiger partial charge < -0.3 is 9.90 Å². The second-order valence-electron chi connectivity index (χ2n) is 1.56. The summed E-state index contributed by atoms with van der Waals surface area (Å²) in [7, 11) is 0. The number of ketones is 2. The number of Topliss-reactive ketones (excluding diaryl/α,β-unsaturated/α-hetero) is 1. The van der Waals surface area contributed by atoms with Crippen molar-refractivity contribution in [2.45, 2.75) is 6.42 Å². The van der Waals surface area contributed by atoms with Crippen LogP contribution in [0, 0.1) is 0 Å². The molecule has 0 saturated carbocycles. The number of carbonyl (C=O) groups excluding carboxylic acids is 3. The molecule has 0 unspecified atom stereocenters. The predicted molar refractivity (Wildman–Crippen MR) is 29.8 cm³/mol. The number of hydrogen-bond donors (Lipinski definition) is 0. The maximum Gasteiger partial charge on any atom is 0.185 e. The molecule has 0 aromatic carbocycles. The summed E-state index contributed by atoms with van der Waals surface area (Å²) in [5.74, 6) is -3.67. The molecule has 0 spiro atoms. The molecule has 4 nitrogen and oxygen atoms in total. The molecule has 0 fully saturated rings. The number of carboxylic acids is 1. The predicted octanol–water partition coefficient (Wildman–Crippen LogP) is -1.55. The van der Waals surface area contributed by atoms with Crippen molar-refractivity contribution in [1.29, 1.82) is 0 Å². The number of aliphatic carboxylic acids is 1. The smallest absolute Gasteiger partial charge is 0.185 e. The molecule has 0 saturated heterocycles. The molecule has 10 heavy (non-hydrogen) atoms. The molecule has 0 radical (unpaired) electrons. The van der Waals surface area contributed by atoms with Crippen LogP contribution in [0.2, 0.25) is 0 Å². The largest absolute Gasteiger partial charge is 0.542 e. The highest BCUT2D eigenvalue weighted by Gasteiger charge is 2.05. The van der Waals surface area contributed by atoms with Gasteiger partial charge in [0.1, 0.15) is 5.97 Å². The zero-order valence-corrected chi connectivity index (χ0v) is 5.12. The lowest BCUT2D eigenvalue weighted by molar-refractivity contribution is -0.299. The van der Waals surface area contributed by atoms with Crippen LogP contribution in [0.25, 0.3) is 0 Å². The molecule has 0 atom stereocenters. The van der Waals surface area contributed by atoms with Crippen molar-refractivity contribution in [3.63, 3.8) is 0 Å². The molecule has 0 heterocycles. The van der Waals surface area contributed by atoms with Crippen molar-refractivity contribution in [2.24, 2.45) is 0 Å². The van der Waals surface area contributed by atoms with E-state index in [9.17, 15) is 19.5 Å². The van der Waals surface area contributed by atoms with Gasteiger partial charge in [-0.2, -0.15) is 0 Å². The Kier molecular flexibility index (Phi) is 3.04. The number of allylic oxidation sites excluding steroid dienone is 1. The Labute approximate surface area is 57.2 Å². The van der Waals surface area contributed by atoms with E-state index < -0.39 is 24.0 Å². The minimum absolute atomic E-state index is 0.616. The van der Waals surface area contributed by atoms with Gasteiger partial charge in [-0.25, -0.2) is 0 Å². The molecular formula is C6H5O4-. The van der Waals surface area contributed by atoms with E-state index in [1.54, 1.807) is 0 Å². The van der Waals surface area contributed by atoms with Crippen molar-refractivity contribution in [1.82, 2.24) is 0 Å². The van der Waals surface area contributed by atoms with E-state index in [0.717, 1.165) is 6.08 Å². The Balaban J connectivity index is 3.92. The summed E-state index contributed by atoms with van der Waals surface area (Å²) in [4.78, 5) is 30.2. The molecule has 0 aliphatic rings. The zero-order chi connectivity index (χ0) is 8.15. The summed E-state index contributed by atoms with van der Waals surface area (Å²) >= 11 is 0. The third kappa shape index (κ3) is 2.76. The Morgan fingerprint density at radius 2 is 1.90 bits per heavy atom. The topological polar surface area (TPSA) is 74.3 Å². The van der Waals surface area contributed by atoms with Crippen LogP contribution < -0.4 is 5.11 Å².